The Kier molecular flexibility index (Phi) is 5.12. The number of likely N-dealkylation sites (N-methyl/N-ethyl adjacent to an activating group) is 1. The van der Waals surface area contributed by atoms with Crippen LogP contribution in [0.5, 0.6) is 0 Å². The lowest BCUT2D eigenvalue weighted by Gasteiger charge is -2.19. The Morgan fingerprint density at radius 3 is 2.83 bits per heavy atom. The number of ether oxygens (including phenoxy) is 2. The van der Waals surface area contributed by atoms with Crippen LogP contribution in [0.4, 0.5) is 4.39 Å². The highest BCUT2D eigenvalue weighted by Gasteiger charge is 2.21. The van der Waals surface area contributed by atoms with E-state index in [9.17, 15) is 4.39 Å². The van der Waals surface area contributed by atoms with Crippen LogP contribution in [0.2, 0.25) is 0 Å². The van der Waals surface area contributed by atoms with E-state index in [2.05, 4.69) is 21.2 Å². The van der Waals surface area contributed by atoms with Crippen LogP contribution >= 0.6 is 15.9 Å². The first-order chi connectivity index (χ1) is 8.69. The topological polar surface area (TPSA) is 30.5 Å². The summed E-state index contributed by atoms with van der Waals surface area (Å²) in [6.07, 6.45) is 1.17. The second-order valence-electron chi connectivity index (χ2n) is 4.33. The van der Waals surface area contributed by atoms with Gasteiger partial charge >= 0.3 is 0 Å². The number of hydrogen-bond donors (Lipinski definition) is 1. The van der Waals surface area contributed by atoms with E-state index in [0.717, 1.165) is 10.9 Å². The largest absolute Gasteiger partial charge is 0.350 e. The number of benzene rings is 1. The fourth-order valence-electron chi connectivity index (χ4n) is 2.04. The van der Waals surface area contributed by atoms with Gasteiger partial charge in [0.05, 0.1) is 13.2 Å². The molecule has 100 valence electrons. The van der Waals surface area contributed by atoms with Crippen molar-refractivity contribution in [3.63, 3.8) is 0 Å². The highest BCUT2D eigenvalue weighted by molar-refractivity contribution is 9.10. The van der Waals surface area contributed by atoms with E-state index in [-0.39, 0.29) is 18.1 Å². The van der Waals surface area contributed by atoms with Gasteiger partial charge in [-0.2, -0.15) is 0 Å². The van der Waals surface area contributed by atoms with Gasteiger partial charge in [0, 0.05) is 16.9 Å². The molecule has 1 N–H and O–H groups in total. The van der Waals surface area contributed by atoms with E-state index >= 15 is 0 Å². The molecule has 1 atom stereocenters. The lowest BCUT2D eigenvalue weighted by molar-refractivity contribution is -0.0523. The first kappa shape index (κ1) is 13.9. The minimum Gasteiger partial charge on any atom is -0.350 e. The first-order valence-electron chi connectivity index (χ1n) is 6.03. The summed E-state index contributed by atoms with van der Waals surface area (Å²) < 4.78 is 25.4. The fourth-order valence-corrected chi connectivity index (χ4v) is 2.45. The molecule has 3 nitrogen and oxygen atoms in total. The van der Waals surface area contributed by atoms with Crippen molar-refractivity contribution in [2.45, 2.75) is 25.2 Å². The molecule has 1 aromatic carbocycles. The van der Waals surface area contributed by atoms with Crippen molar-refractivity contribution in [1.29, 1.82) is 0 Å². The monoisotopic (exact) mass is 317 g/mol. The third kappa shape index (κ3) is 3.75. The Morgan fingerprint density at radius 1 is 1.44 bits per heavy atom. The highest BCUT2D eigenvalue weighted by atomic mass is 79.9. The Hall–Kier alpha value is -0.490. The number of rotatable bonds is 5. The minimum atomic E-state index is -0.174. The summed E-state index contributed by atoms with van der Waals surface area (Å²) in [5.74, 6) is -0.174. The van der Waals surface area contributed by atoms with Crippen molar-refractivity contribution in [2.75, 3.05) is 20.3 Å². The molecule has 0 aromatic heterocycles. The van der Waals surface area contributed by atoms with Crippen LogP contribution in [0.1, 0.15) is 12.0 Å². The van der Waals surface area contributed by atoms with Gasteiger partial charge in [-0.1, -0.05) is 15.9 Å². The lowest BCUT2D eigenvalue weighted by atomic mass is 10.0. The maximum absolute atomic E-state index is 13.7. The van der Waals surface area contributed by atoms with Crippen molar-refractivity contribution >= 4 is 15.9 Å². The molecule has 18 heavy (non-hydrogen) atoms. The summed E-state index contributed by atoms with van der Waals surface area (Å²) >= 11 is 3.36. The molecule has 2 rings (SSSR count). The van der Waals surface area contributed by atoms with Crippen LogP contribution < -0.4 is 5.32 Å². The molecule has 0 saturated carbocycles. The highest BCUT2D eigenvalue weighted by Crippen LogP contribution is 2.19. The van der Waals surface area contributed by atoms with Gasteiger partial charge in [-0.25, -0.2) is 4.39 Å². The Bertz CT molecular complexity index is 397. The van der Waals surface area contributed by atoms with Gasteiger partial charge in [-0.15, -0.1) is 0 Å². The SMILES string of the molecule is CNC(Cc1cc(Br)ccc1F)CC1OCCO1. The normalized spacial score (nSPS) is 18.2. The molecule has 0 spiro atoms. The Balaban J connectivity index is 1.98. The van der Waals surface area contributed by atoms with Crippen LogP contribution in [0.15, 0.2) is 22.7 Å². The summed E-state index contributed by atoms with van der Waals surface area (Å²) in [6, 6.07) is 5.14. The van der Waals surface area contributed by atoms with Crippen molar-refractivity contribution < 1.29 is 13.9 Å². The van der Waals surface area contributed by atoms with Crippen molar-refractivity contribution in [1.82, 2.24) is 5.32 Å². The van der Waals surface area contributed by atoms with Gasteiger partial charge in [0.1, 0.15) is 5.82 Å². The van der Waals surface area contributed by atoms with Gasteiger partial charge in [0.25, 0.3) is 0 Å². The summed E-state index contributed by atoms with van der Waals surface area (Å²) in [5, 5.41) is 3.18. The first-order valence-corrected chi connectivity index (χ1v) is 6.82. The summed E-state index contributed by atoms with van der Waals surface area (Å²) in [4.78, 5) is 0. The third-order valence-electron chi connectivity index (χ3n) is 3.05. The Morgan fingerprint density at radius 2 is 2.17 bits per heavy atom. The van der Waals surface area contributed by atoms with Gasteiger partial charge in [0.15, 0.2) is 6.29 Å². The molecule has 0 aliphatic carbocycles. The van der Waals surface area contributed by atoms with Gasteiger partial charge < -0.3 is 14.8 Å². The number of halogens is 2. The molecule has 1 aliphatic rings. The molecule has 0 amide bonds. The molecule has 1 heterocycles. The molecule has 5 heteroatoms. The van der Waals surface area contributed by atoms with E-state index in [1.807, 2.05) is 13.1 Å². The second kappa shape index (κ2) is 6.61. The van der Waals surface area contributed by atoms with E-state index in [1.54, 1.807) is 6.07 Å². The van der Waals surface area contributed by atoms with E-state index < -0.39 is 0 Å². The molecule has 0 radical (unpaired) electrons. The van der Waals surface area contributed by atoms with Crippen LogP contribution in [0.25, 0.3) is 0 Å². The van der Waals surface area contributed by atoms with Gasteiger partial charge in [0.2, 0.25) is 0 Å². The third-order valence-corrected chi connectivity index (χ3v) is 3.54. The zero-order valence-corrected chi connectivity index (χ0v) is 11.9. The van der Waals surface area contributed by atoms with E-state index in [0.29, 0.717) is 25.2 Å². The fraction of sp³-hybridized carbons (Fsp3) is 0.538. The predicted octanol–water partition coefficient (Wildman–Crippen LogP) is 2.48. The molecule has 1 saturated heterocycles. The van der Waals surface area contributed by atoms with Crippen LogP contribution in [0.3, 0.4) is 0 Å². The van der Waals surface area contributed by atoms with Gasteiger partial charge in [-0.05, 0) is 37.2 Å². The quantitative estimate of drug-likeness (QED) is 0.905. The molecular formula is C13H17BrFNO2. The van der Waals surface area contributed by atoms with E-state index in [1.165, 1.54) is 6.07 Å². The van der Waals surface area contributed by atoms with Gasteiger partial charge in [-0.3, -0.25) is 0 Å². The van der Waals surface area contributed by atoms with Crippen LogP contribution in [-0.4, -0.2) is 32.6 Å². The van der Waals surface area contributed by atoms with Crippen molar-refractivity contribution in [3.05, 3.63) is 34.1 Å². The van der Waals surface area contributed by atoms with Crippen molar-refractivity contribution in [3.8, 4) is 0 Å². The average Bonchev–Trinajstić information content (AvgIpc) is 2.85. The van der Waals surface area contributed by atoms with Crippen LogP contribution in [0, 0.1) is 5.82 Å². The molecule has 1 unspecified atom stereocenters. The molecule has 1 aromatic rings. The number of nitrogens with one attached hydrogen (secondary N) is 1. The summed E-state index contributed by atoms with van der Waals surface area (Å²) in [7, 11) is 1.87. The molecular weight excluding hydrogens is 301 g/mol. The molecule has 1 aliphatic heterocycles. The predicted molar refractivity (Wildman–Crippen MR) is 71.0 cm³/mol. The smallest absolute Gasteiger partial charge is 0.159 e. The maximum atomic E-state index is 13.7. The molecule has 1 fully saturated rings. The average molecular weight is 318 g/mol. The standard InChI is InChI=1S/C13H17BrFNO2/c1-16-11(8-13-17-4-5-18-13)7-9-6-10(14)2-3-12(9)15/h2-3,6,11,13,16H,4-5,7-8H2,1H3. The zero-order chi connectivity index (χ0) is 13.0. The summed E-state index contributed by atoms with van der Waals surface area (Å²) in [6.45, 7) is 1.29. The lowest BCUT2D eigenvalue weighted by Crippen LogP contribution is -2.32. The maximum Gasteiger partial charge on any atom is 0.159 e. The second-order valence-corrected chi connectivity index (χ2v) is 5.25. The van der Waals surface area contributed by atoms with Crippen LogP contribution in [-0.2, 0) is 15.9 Å². The zero-order valence-electron chi connectivity index (χ0n) is 10.3. The Labute approximate surface area is 115 Å². The number of hydrogen-bond acceptors (Lipinski definition) is 3. The minimum absolute atomic E-state index is 0.136. The van der Waals surface area contributed by atoms with E-state index in [4.69, 9.17) is 9.47 Å². The van der Waals surface area contributed by atoms with Crippen molar-refractivity contribution in [2.24, 2.45) is 0 Å². The summed E-state index contributed by atoms with van der Waals surface area (Å²) in [5.41, 5.74) is 0.696. The molecule has 0 bridgehead atoms.